The predicted octanol–water partition coefficient (Wildman–Crippen LogP) is 1.66. The van der Waals surface area contributed by atoms with E-state index in [9.17, 15) is 4.79 Å². The smallest absolute Gasteiger partial charge is 0.237 e. The Hall–Kier alpha value is -1.89. The van der Waals surface area contributed by atoms with Crippen LogP contribution in [0.25, 0.3) is 5.69 Å². The lowest BCUT2D eigenvalue weighted by molar-refractivity contribution is -0.124. The molecule has 1 aliphatic rings. The lowest BCUT2D eigenvalue weighted by atomic mass is 9.92. The van der Waals surface area contributed by atoms with Gasteiger partial charge in [-0.2, -0.15) is 5.10 Å². The van der Waals surface area contributed by atoms with E-state index in [-0.39, 0.29) is 24.2 Å². The summed E-state index contributed by atoms with van der Waals surface area (Å²) in [6, 6.07) is 9.39. The lowest BCUT2D eigenvalue weighted by Gasteiger charge is -2.26. The third-order valence-corrected chi connectivity index (χ3v) is 4.20. The number of halogens is 1. The molecule has 1 atom stereocenters. The first-order chi connectivity index (χ1) is 11.2. The summed E-state index contributed by atoms with van der Waals surface area (Å²) in [5.41, 5.74) is 8.00. The highest BCUT2D eigenvalue weighted by molar-refractivity contribution is 5.85. The molecular weight excluding hydrogens is 328 g/mol. The van der Waals surface area contributed by atoms with Crippen LogP contribution in [0.15, 0.2) is 42.7 Å². The summed E-state index contributed by atoms with van der Waals surface area (Å²) in [6.07, 6.45) is 5.36. The Bertz CT molecular complexity index is 641. The molecule has 130 valence electrons. The fraction of sp³-hybridized carbons (Fsp3) is 0.412. The standard InChI is InChI=1S/C17H22N4O2.ClH/c18-16(14-6-8-23-9-7-14)17(22)19-10-13-11-20-21(12-13)15-4-2-1-3-5-15;/h1-5,11-12,14,16H,6-10,18H2,(H,19,22);1H. The Labute approximate surface area is 147 Å². The zero-order valence-corrected chi connectivity index (χ0v) is 14.2. The number of carbonyl (C=O) groups excluding carboxylic acids is 1. The molecule has 6 nitrogen and oxygen atoms in total. The minimum Gasteiger partial charge on any atom is -0.381 e. The van der Waals surface area contributed by atoms with Gasteiger partial charge in [0.2, 0.25) is 5.91 Å². The largest absolute Gasteiger partial charge is 0.381 e. The highest BCUT2D eigenvalue weighted by Gasteiger charge is 2.26. The molecular formula is C17H23ClN4O2. The summed E-state index contributed by atoms with van der Waals surface area (Å²) in [5, 5.41) is 7.22. The number of rotatable bonds is 5. The van der Waals surface area contributed by atoms with Crippen LogP contribution in [-0.4, -0.2) is 34.9 Å². The number of hydrogen-bond acceptors (Lipinski definition) is 4. The number of nitrogens with zero attached hydrogens (tertiary/aromatic N) is 2. The first-order valence-corrected chi connectivity index (χ1v) is 7.94. The van der Waals surface area contributed by atoms with Crippen LogP contribution in [0.1, 0.15) is 18.4 Å². The summed E-state index contributed by atoms with van der Waals surface area (Å²) in [7, 11) is 0. The van der Waals surface area contributed by atoms with Gasteiger partial charge in [-0.3, -0.25) is 4.79 Å². The van der Waals surface area contributed by atoms with Crippen molar-refractivity contribution in [2.75, 3.05) is 13.2 Å². The third-order valence-electron chi connectivity index (χ3n) is 4.20. The molecule has 3 N–H and O–H groups in total. The number of nitrogens with one attached hydrogen (secondary N) is 1. The molecule has 1 amide bonds. The summed E-state index contributed by atoms with van der Waals surface area (Å²) in [5.74, 6) is 0.0974. The maximum Gasteiger partial charge on any atom is 0.237 e. The highest BCUT2D eigenvalue weighted by atomic mass is 35.5. The van der Waals surface area contributed by atoms with Crippen molar-refractivity contribution in [3.05, 3.63) is 48.3 Å². The molecule has 1 unspecified atom stereocenters. The van der Waals surface area contributed by atoms with Crippen LogP contribution in [0, 0.1) is 5.92 Å². The number of hydrogen-bond donors (Lipinski definition) is 2. The van der Waals surface area contributed by atoms with Gasteiger partial charge in [0.15, 0.2) is 0 Å². The molecule has 7 heteroatoms. The van der Waals surface area contributed by atoms with Crippen molar-refractivity contribution in [1.29, 1.82) is 0 Å². The van der Waals surface area contributed by atoms with Gasteiger partial charge in [-0.05, 0) is 30.9 Å². The van der Waals surface area contributed by atoms with Crippen LogP contribution in [0.4, 0.5) is 0 Å². The summed E-state index contributed by atoms with van der Waals surface area (Å²) in [4.78, 5) is 12.2. The summed E-state index contributed by atoms with van der Waals surface area (Å²) >= 11 is 0. The highest BCUT2D eigenvalue weighted by Crippen LogP contribution is 2.17. The molecule has 0 saturated carbocycles. The average molecular weight is 351 g/mol. The zero-order chi connectivity index (χ0) is 16.1. The number of para-hydroxylation sites is 1. The lowest BCUT2D eigenvalue weighted by Crippen LogP contribution is -2.46. The number of nitrogens with two attached hydrogens (primary N) is 1. The summed E-state index contributed by atoms with van der Waals surface area (Å²) < 4.78 is 7.10. The monoisotopic (exact) mass is 350 g/mol. The molecule has 1 aromatic carbocycles. The average Bonchev–Trinajstić information content (AvgIpc) is 3.09. The van der Waals surface area contributed by atoms with E-state index in [2.05, 4.69) is 10.4 Å². The van der Waals surface area contributed by atoms with Gasteiger partial charge in [0, 0.05) is 31.5 Å². The number of aromatic nitrogens is 2. The molecule has 0 spiro atoms. The van der Waals surface area contributed by atoms with Crippen molar-refractivity contribution in [3.8, 4) is 5.69 Å². The van der Waals surface area contributed by atoms with Crippen molar-refractivity contribution in [1.82, 2.24) is 15.1 Å². The molecule has 2 aromatic rings. The normalized spacial score (nSPS) is 16.2. The van der Waals surface area contributed by atoms with E-state index >= 15 is 0 Å². The van der Waals surface area contributed by atoms with Crippen LogP contribution < -0.4 is 11.1 Å². The zero-order valence-electron chi connectivity index (χ0n) is 13.4. The van der Waals surface area contributed by atoms with E-state index in [1.165, 1.54) is 0 Å². The fourth-order valence-electron chi connectivity index (χ4n) is 2.77. The molecule has 0 radical (unpaired) electrons. The van der Waals surface area contributed by atoms with Gasteiger partial charge in [-0.25, -0.2) is 4.68 Å². The van der Waals surface area contributed by atoms with Crippen molar-refractivity contribution in [2.45, 2.75) is 25.4 Å². The van der Waals surface area contributed by atoms with Gasteiger partial charge >= 0.3 is 0 Å². The van der Waals surface area contributed by atoms with E-state index in [1.807, 2.05) is 36.5 Å². The Kier molecular flexibility index (Phi) is 6.78. The Morgan fingerprint density at radius 1 is 1.33 bits per heavy atom. The molecule has 0 aliphatic carbocycles. The minimum atomic E-state index is -0.469. The summed E-state index contributed by atoms with van der Waals surface area (Å²) in [6.45, 7) is 1.81. The fourth-order valence-corrected chi connectivity index (χ4v) is 2.77. The van der Waals surface area contributed by atoms with Gasteiger partial charge < -0.3 is 15.8 Å². The van der Waals surface area contributed by atoms with E-state index in [0.29, 0.717) is 19.8 Å². The molecule has 1 aromatic heterocycles. The van der Waals surface area contributed by atoms with Crippen LogP contribution in [0.2, 0.25) is 0 Å². The minimum absolute atomic E-state index is 0. The Balaban J connectivity index is 0.00000208. The quantitative estimate of drug-likeness (QED) is 0.859. The van der Waals surface area contributed by atoms with Gasteiger partial charge in [-0.1, -0.05) is 18.2 Å². The van der Waals surface area contributed by atoms with Crippen LogP contribution in [0.3, 0.4) is 0 Å². The van der Waals surface area contributed by atoms with Gasteiger partial charge in [-0.15, -0.1) is 12.4 Å². The number of ether oxygens (including phenoxy) is 1. The first kappa shape index (κ1) is 18.4. The van der Waals surface area contributed by atoms with Gasteiger partial charge in [0.05, 0.1) is 17.9 Å². The maximum absolute atomic E-state index is 12.2. The van der Waals surface area contributed by atoms with E-state index in [0.717, 1.165) is 24.1 Å². The van der Waals surface area contributed by atoms with Crippen molar-refractivity contribution in [2.24, 2.45) is 11.7 Å². The van der Waals surface area contributed by atoms with Gasteiger partial charge in [0.1, 0.15) is 0 Å². The second kappa shape index (κ2) is 8.82. The topological polar surface area (TPSA) is 82.2 Å². The molecule has 0 bridgehead atoms. The molecule has 24 heavy (non-hydrogen) atoms. The van der Waals surface area contributed by atoms with Crippen molar-refractivity contribution < 1.29 is 9.53 Å². The first-order valence-electron chi connectivity index (χ1n) is 7.94. The third kappa shape index (κ3) is 4.56. The Morgan fingerprint density at radius 2 is 2.04 bits per heavy atom. The van der Waals surface area contributed by atoms with E-state index in [1.54, 1.807) is 10.9 Å². The number of benzene rings is 1. The van der Waals surface area contributed by atoms with Crippen molar-refractivity contribution in [3.63, 3.8) is 0 Å². The van der Waals surface area contributed by atoms with Crippen molar-refractivity contribution >= 4 is 18.3 Å². The number of amides is 1. The van der Waals surface area contributed by atoms with E-state index < -0.39 is 6.04 Å². The van der Waals surface area contributed by atoms with Crippen LogP contribution in [-0.2, 0) is 16.1 Å². The molecule has 3 rings (SSSR count). The molecule has 2 heterocycles. The molecule has 1 saturated heterocycles. The predicted molar refractivity (Wildman–Crippen MR) is 94.2 cm³/mol. The van der Waals surface area contributed by atoms with Gasteiger partial charge in [0.25, 0.3) is 0 Å². The number of carbonyl (C=O) groups is 1. The van der Waals surface area contributed by atoms with E-state index in [4.69, 9.17) is 10.5 Å². The second-order valence-corrected chi connectivity index (χ2v) is 5.82. The van der Waals surface area contributed by atoms with Crippen LogP contribution in [0.5, 0.6) is 0 Å². The molecule has 1 aliphatic heterocycles. The van der Waals surface area contributed by atoms with Crippen LogP contribution >= 0.6 is 12.4 Å². The SMILES string of the molecule is Cl.NC(C(=O)NCc1cnn(-c2ccccc2)c1)C1CCOCC1. The Morgan fingerprint density at radius 3 is 2.75 bits per heavy atom. The maximum atomic E-state index is 12.2. The molecule has 1 fully saturated rings. The second-order valence-electron chi connectivity index (χ2n) is 5.82.